The Morgan fingerprint density at radius 1 is 1.21 bits per heavy atom. The van der Waals surface area contributed by atoms with Crippen molar-refractivity contribution in [3.8, 4) is 0 Å². The number of carbonyl (C=O) groups is 1. The van der Waals surface area contributed by atoms with E-state index in [2.05, 4.69) is 12.1 Å². The van der Waals surface area contributed by atoms with Gasteiger partial charge in [0.15, 0.2) is 0 Å². The summed E-state index contributed by atoms with van der Waals surface area (Å²) >= 11 is 0. The number of halogens is 1. The number of benzene rings is 1. The molecule has 0 radical (unpaired) electrons. The molecule has 3 rings (SSSR count). The topological polar surface area (TPSA) is 46.3 Å². The summed E-state index contributed by atoms with van der Waals surface area (Å²) in [6.07, 6.45) is 4.01. The van der Waals surface area contributed by atoms with Crippen LogP contribution < -0.4 is 5.73 Å². The lowest BCUT2D eigenvalue weighted by molar-refractivity contribution is -0.132. The Morgan fingerprint density at radius 2 is 1.84 bits per heavy atom. The summed E-state index contributed by atoms with van der Waals surface area (Å²) in [4.78, 5) is 14.3. The van der Waals surface area contributed by atoms with Crippen molar-refractivity contribution in [3.63, 3.8) is 0 Å². The van der Waals surface area contributed by atoms with Crippen LogP contribution in [0.5, 0.6) is 0 Å². The molecule has 104 valence electrons. The highest BCUT2D eigenvalue weighted by molar-refractivity contribution is 5.85. The van der Waals surface area contributed by atoms with Gasteiger partial charge in [0.1, 0.15) is 0 Å². The highest BCUT2D eigenvalue weighted by Gasteiger charge is 2.29. The first-order chi connectivity index (χ1) is 8.74. The normalized spacial score (nSPS) is 25.0. The van der Waals surface area contributed by atoms with Crippen molar-refractivity contribution in [1.82, 2.24) is 4.90 Å². The SMILES string of the molecule is Cl.N[C@@H]1CCC[C@H]1CC(=O)N1Cc2ccccc2C1. The second-order valence-electron chi connectivity index (χ2n) is 5.58. The molecule has 0 unspecified atom stereocenters. The van der Waals surface area contributed by atoms with E-state index in [1.807, 2.05) is 17.0 Å². The lowest BCUT2D eigenvalue weighted by atomic mass is 9.99. The fourth-order valence-electron chi connectivity index (χ4n) is 3.18. The summed E-state index contributed by atoms with van der Waals surface area (Å²) in [7, 11) is 0. The van der Waals surface area contributed by atoms with Crippen LogP contribution in [0.25, 0.3) is 0 Å². The third kappa shape index (κ3) is 2.93. The van der Waals surface area contributed by atoms with Gasteiger partial charge < -0.3 is 10.6 Å². The molecule has 1 aromatic carbocycles. The smallest absolute Gasteiger partial charge is 0.223 e. The standard InChI is InChI=1S/C15H20N2O.ClH/c16-14-7-3-6-11(14)8-15(18)17-9-12-4-1-2-5-13(12)10-17;/h1-2,4-5,11,14H,3,6-10,16H2;1H/t11-,14+;/m0./s1. The van der Waals surface area contributed by atoms with E-state index in [-0.39, 0.29) is 24.4 Å². The number of fused-ring (bicyclic) bond motifs is 1. The molecule has 1 aromatic rings. The van der Waals surface area contributed by atoms with Gasteiger partial charge in [-0.1, -0.05) is 30.7 Å². The van der Waals surface area contributed by atoms with Gasteiger partial charge in [-0.15, -0.1) is 12.4 Å². The third-order valence-electron chi connectivity index (χ3n) is 4.35. The summed E-state index contributed by atoms with van der Waals surface area (Å²) in [5.41, 5.74) is 8.63. The Morgan fingerprint density at radius 3 is 2.37 bits per heavy atom. The Kier molecular flexibility index (Phi) is 4.48. The second-order valence-corrected chi connectivity index (χ2v) is 5.58. The van der Waals surface area contributed by atoms with Crippen molar-refractivity contribution in [2.24, 2.45) is 11.7 Å². The Hall–Kier alpha value is -1.06. The number of hydrogen-bond donors (Lipinski definition) is 1. The van der Waals surface area contributed by atoms with Crippen molar-refractivity contribution in [3.05, 3.63) is 35.4 Å². The molecule has 0 bridgehead atoms. The van der Waals surface area contributed by atoms with Gasteiger partial charge in [0.05, 0.1) is 0 Å². The first kappa shape index (κ1) is 14.4. The quantitative estimate of drug-likeness (QED) is 0.905. The average Bonchev–Trinajstić information content (AvgIpc) is 2.96. The third-order valence-corrected chi connectivity index (χ3v) is 4.35. The maximum absolute atomic E-state index is 12.3. The fraction of sp³-hybridized carbons (Fsp3) is 0.533. The highest BCUT2D eigenvalue weighted by Crippen LogP contribution is 2.29. The van der Waals surface area contributed by atoms with E-state index in [0.29, 0.717) is 12.3 Å². The zero-order valence-corrected chi connectivity index (χ0v) is 11.9. The number of rotatable bonds is 2. The van der Waals surface area contributed by atoms with Crippen LogP contribution in [-0.2, 0) is 17.9 Å². The predicted octanol–water partition coefficient (Wildman–Crippen LogP) is 2.47. The molecule has 4 heteroatoms. The molecule has 1 heterocycles. The van der Waals surface area contributed by atoms with Crippen LogP contribution in [-0.4, -0.2) is 16.8 Å². The van der Waals surface area contributed by atoms with Gasteiger partial charge in [-0.2, -0.15) is 0 Å². The summed E-state index contributed by atoms with van der Waals surface area (Å²) in [6.45, 7) is 1.55. The molecule has 19 heavy (non-hydrogen) atoms. The monoisotopic (exact) mass is 280 g/mol. The van der Waals surface area contributed by atoms with E-state index in [9.17, 15) is 4.79 Å². The van der Waals surface area contributed by atoms with Crippen LogP contribution in [0.15, 0.2) is 24.3 Å². The maximum atomic E-state index is 12.3. The Bertz CT molecular complexity index is 438. The van der Waals surface area contributed by atoms with Crippen LogP contribution >= 0.6 is 12.4 Å². The second kappa shape index (κ2) is 5.93. The van der Waals surface area contributed by atoms with E-state index >= 15 is 0 Å². The fourth-order valence-corrected chi connectivity index (χ4v) is 3.18. The van der Waals surface area contributed by atoms with Gasteiger partial charge in [0.2, 0.25) is 5.91 Å². The molecule has 1 fully saturated rings. The molecular formula is C15H21ClN2O. The van der Waals surface area contributed by atoms with Crippen molar-refractivity contribution in [2.75, 3.05) is 0 Å². The van der Waals surface area contributed by atoms with Gasteiger partial charge in [0.25, 0.3) is 0 Å². The molecule has 2 aliphatic rings. The van der Waals surface area contributed by atoms with E-state index in [0.717, 1.165) is 25.9 Å². The number of nitrogens with two attached hydrogens (primary N) is 1. The molecule has 1 amide bonds. The predicted molar refractivity (Wildman–Crippen MR) is 77.9 cm³/mol. The molecule has 2 atom stereocenters. The van der Waals surface area contributed by atoms with Crippen molar-refractivity contribution in [1.29, 1.82) is 0 Å². The van der Waals surface area contributed by atoms with Gasteiger partial charge in [-0.25, -0.2) is 0 Å². The van der Waals surface area contributed by atoms with Crippen molar-refractivity contribution < 1.29 is 4.79 Å². The summed E-state index contributed by atoms with van der Waals surface area (Å²) in [5.74, 6) is 0.676. The van der Waals surface area contributed by atoms with Crippen molar-refractivity contribution >= 4 is 18.3 Å². The molecule has 0 spiro atoms. The van der Waals surface area contributed by atoms with E-state index in [1.165, 1.54) is 17.5 Å². The summed E-state index contributed by atoms with van der Waals surface area (Å²) < 4.78 is 0. The maximum Gasteiger partial charge on any atom is 0.223 e. The van der Waals surface area contributed by atoms with Gasteiger partial charge in [-0.05, 0) is 29.9 Å². The minimum atomic E-state index is 0. The molecule has 3 nitrogen and oxygen atoms in total. The molecule has 1 aliphatic heterocycles. The zero-order valence-electron chi connectivity index (χ0n) is 11.0. The van der Waals surface area contributed by atoms with Gasteiger partial charge >= 0.3 is 0 Å². The molecule has 1 aliphatic carbocycles. The first-order valence-corrected chi connectivity index (χ1v) is 6.84. The van der Waals surface area contributed by atoms with Crippen LogP contribution in [0, 0.1) is 5.92 Å². The van der Waals surface area contributed by atoms with Crippen LogP contribution in [0.3, 0.4) is 0 Å². The highest BCUT2D eigenvalue weighted by atomic mass is 35.5. The molecule has 2 N–H and O–H groups in total. The van der Waals surface area contributed by atoms with Gasteiger partial charge in [0, 0.05) is 25.6 Å². The number of nitrogens with zero attached hydrogens (tertiary/aromatic N) is 1. The minimum Gasteiger partial charge on any atom is -0.334 e. The summed E-state index contributed by atoms with van der Waals surface area (Å²) in [6, 6.07) is 8.55. The van der Waals surface area contributed by atoms with Crippen LogP contribution in [0.2, 0.25) is 0 Å². The van der Waals surface area contributed by atoms with E-state index in [1.54, 1.807) is 0 Å². The van der Waals surface area contributed by atoms with E-state index < -0.39 is 0 Å². The van der Waals surface area contributed by atoms with E-state index in [4.69, 9.17) is 5.73 Å². The first-order valence-electron chi connectivity index (χ1n) is 6.84. The molecular weight excluding hydrogens is 260 g/mol. The zero-order chi connectivity index (χ0) is 12.5. The Balaban J connectivity index is 0.00000133. The number of amides is 1. The molecule has 1 saturated carbocycles. The lowest BCUT2D eigenvalue weighted by Gasteiger charge is -2.20. The van der Waals surface area contributed by atoms with Crippen LogP contribution in [0.1, 0.15) is 36.8 Å². The lowest BCUT2D eigenvalue weighted by Crippen LogP contribution is -2.32. The number of carbonyl (C=O) groups excluding carboxylic acids is 1. The largest absolute Gasteiger partial charge is 0.334 e. The molecule has 0 saturated heterocycles. The van der Waals surface area contributed by atoms with Crippen molar-refractivity contribution in [2.45, 2.75) is 44.8 Å². The minimum absolute atomic E-state index is 0. The van der Waals surface area contributed by atoms with Crippen LogP contribution in [0.4, 0.5) is 0 Å². The average molecular weight is 281 g/mol. The number of hydrogen-bond acceptors (Lipinski definition) is 2. The Labute approximate surface area is 120 Å². The van der Waals surface area contributed by atoms with Gasteiger partial charge in [-0.3, -0.25) is 4.79 Å². The summed E-state index contributed by atoms with van der Waals surface area (Å²) in [5, 5.41) is 0. The molecule has 0 aromatic heterocycles.